The summed E-state index contributed by atoms with van der Waals surface area (Å²) in [6.45, 7) is 12.7. The largest absolute Gasteiger partial charge is 0.445 e. The van der Waals surface area contributed by atoms with Gasteiger partial charge in [0.25, 0.3) is 0 Å². The molecule has 0 bridgehead atoms. The summed E-state index contributed by atoms with van der Waals surface area (Å²) < 4.78 is 16.2. The Morgan fingerprint density at radius 1 is 0.708 bits per heavy atom. The number of ether oxygens (including phenoxy) is 3. The lowest BCUT2D eigenvalue weighted by Gasteiger charge is -2.29. The highest BCUT2D eigenvalue weighted by atomic mass is 16.6. The predicted molar refractivity (Wildman–Crippen MR) is 185 cm³/mol. The zero-order valence-electron chi connectivity index (χ0n) is 28.9. The van der Waals surface area contributed by atoms with Gasteiger partial charge in [-0.15, -0.1) is 0 Å². The Balaban J connectivity index is 0.000000237. The van der Waals surface area contributed by atoms with Gasteiger partial charge in [-0.25, -0.2) is 14.4 Å². The molecule has 0 saturated carbocycles. The molecule has 2 saturated heterocycles. The van der Waals surface area contributed by atoms with Crippen molar-refractivity contribution in [3.8, 4) is 0 Å². The molecular formula is C38H50N4O6. The van der Waals surface area contributed by atoms with Crippen molar-refractivity contribution >= 4 is 18.3 Å². The van der Waals surface area contributed by atoms with Gasteiger partial charge in [0.05, 0.1) is 24.2 Å². The van der Waals surface area contributed by atoms with Gasteiger partial charge in [-0.2, -0.15) is 0 Å². The van der Waals surface area contributed by atoms with Gasteiger partial charge in [-0.1, -0.05) is 91.0 Å². The first-order valence-electron chi connectivity index (χ1n) is 16.6. The lowest BCUT2D eigenvalue weighted by Crippen LogP contribution is -2.43. The van der Waals surface area contributed by atoms with Crippen molar-refractivity contribution in [2.24, 2.45) is 0 Å². The van der Waals surface area contributed by atoms with Gasteiger partial charge >= 0.3 is 18.3 Å². The summed E-state index contributed by atoms with van der Waals surface area (Å²) in [4.78, 5) is 38.6. The van der Waals surface area contributed by atoms with Crippen LogP contribution in [0.3, 0.4) is 0 Å². The number of nitrogens with one attached hydrogen (secondary N) is 3. The first-order valence-corrected chi connectivity index (χ1v) is 16.6. The molecule has 0 aromatic heterocycles. The monoisotopic (exact) mass is 658 g/mol. The number of rotatable bonds is 6. The fourth-order valence-electron chi connectivity index (χ4n) is 5.80. The molecule has 0 unspecified atom stereocenters. The van der Waals surface area contributed by atoms with E-state index >= 15 is 0 Å². The van der Waals surface area contributed by atoms with Crippen LogP contribution < -0.4 is 16.0 Å². The van der Waals surface area contributed by atoms with Crippen LogP contribution in [0.2, 0.25) is 0 Å². The van der Waals surface area contributed by atoms with Gasteiger partial charge in [0, 0.05) is 6.54 Å². The number of benzene rings is 3. The van der Waals surface area contributed by atoms with Crippen LogP contribution >= 0.6 is 0 Å². The van der Waals surface area contributed by atoms with Crippen molar-refractivity contribution in [3.05, 3.63) is 108 Å². The first-order chi connectivity index (χ1) is 22.8. The zero-order valence-corrected chi connectivity index (χ0v) is 28.9. The Labute approximate surface area is 284 Å². The molecule has 48 heavy (non-hydrogen) atoms. The van der Waals surface area contributed by atoms with Crippen LogP contribution in [0.5, 0.6) is 0 Å². The standard InChI is InChI=1S/C23H28N2O4.C15H22N2O2/c1-23(2,3)29-21(26)24-19-14-15-25(20(19)18-12-8-5-9-13-18)22(27)28-16-17-10-6-4-7-11-17;1-15(2,3)19-14(18)17-12-9-10-16-13(12)11-7-5-4-6-8-11/h4-13,19-20H,14-16H2,1-3H3,(H,24,26);4-8,12-13,16H,9-10H2,1-3H3,(H,17,18)/t19-,20+;12-,13+/m11/s1. The van der Waals surface area contributed by atoms with Gasteiger partial charge in [-0.3, -0.25) is 4.90 Å². The Morgan fingerprint density at radius 2 is 1.21 bits per heavy atom. The van der Waals surface area contributed by atoms with E-state index in [1.807, 2.05) is 120 Å². The average Bonchev–Trinajstić information content (AvgIpc) is 3.67. The van der Waals surface area contributed by atoms with Crippen LogP contribution in [0.15, 0.2) is 91.0 Å². The normalized spacial score (nSPS) is 20.6. The summed E-state index contributed by atoms with van der Waals surface area (Å²) in [5, 5.41) is 9.31. The number of alkyl carbamates (subject to hydrolysis) is 2. The third-order valence-electron chi connectivity index (χ3n) is 7.76. The van der Waals surface area contributed by atoms with Crippen LogP contribution in [0.1, 0.15) is 83.2 Å². The molecule has 258 valence electrons. The number of carbonyl (C=O) groups is 3. The molecule has 0 radical (unpaired) electrons. The number of carbonyl (C=O) groups excluding carboxylic acids is 3. The summed E-state index contributed by atoms with van der Waals surface area (Å²) in [6, 6.07) is 29.1. The maximum absolute atomic E-state index is 12.8. The molecule has 2 heterocycles. The molecule has 3 N–H and O–H groups in total. The van der Waals surface area contributed by atoms with Crippen molar-refractivity contribution in [1.82, 2.24) is 20.9 Å². The van der Waals surface area contributed by atoms with E-state index in [1.54, 1.807) is 4.90 Å². The van der Waals surface area contributed by atoms with E-state index in [0.717, 1.165) is 24.1 Å². The average molecular weight is 659 g/mol. The maximum Gasteiger partial charge on any atom is 0.410 e. The fraction of sp³-hybridized carbons (Fsp3) is 0.447. The van der Waals surface area contributed by atoms with Gasteiger partial charge in [-0.05, 0) is 77.6 Å². The minimum Gasteiger partial charge on any atom is -0.445 e. The quantitative estimate of drug-likeness (QED) is 0.238. The van der Waals surface area contributed by atoms with Gasteiger partial charge in [0.15, 0.2) is 0 Å². The molecule has 3 aromatic rings. The summed E-state index contributed by atoms with van der Waals surface area (Å²) in [5.41, 5.74) is 2.03. The fourth-order valence-corrected chi connectivity index (χ4v) is 5.80. The molecule has 2 aliphatic heterocycles. The number of hydrogen-bond donors (Lipinski definition) is 3. The SMILES string of the molecule is CC(C)(C)OC(=O)N[C@@H]1CCN(C(=O)OCc2ccccc2)[C@H]1c1ccccc1.CC(C)(C)OC(=O)N[C@@H]1CCN[C@H]1c1ccccc1. The Kier molecular flexibility index (Phi) is 12.5. The van der Waals surface area contributed by atoms with Gasteiger partial charge < -0.3 is 30.2 Å². The molecule has 10 heteroatoms. The second-order valence-corrected chi connectivity index (χ2v) is 14.0. The van der Waals surface area contributed by atoms with Crippen LogP contribution in [-0.4, -0.2) is 59.6 Å². The van der Waals surface area contributed by atoms with E-state index in [2.05, 4.69) is 28.1 Å². The molecule has 3 aromatic carbocycles. The van der Waals surface area contributed by atoms with Crippen LogP contribution in [-0.2, 0) is 20.8 Å². The molecule has 3 amide bonds. The zero-order chi connectivity index (χ0) is 34.7. The smallest absolute Gasteiger partial charge is 0.410 e. The van der Waals surface area contributed by atoms with E-state index in [0.29, 0.717) is 13.0 Å². The Bertz CT molecular complexity index is 1460. The van der Waals surface area contributed by atoms with E-state index in [9.17, 15) is 14.4 Å². The topological polar surface area (TPSA) is 118 Å². The molecule has 2 aliphatic rings. The van der Waals surface area contributed by atoms with E-state index in [4.69, 9.17) is 14.2 Å². The van der Waals surface area contributed by atoms with E-state index in [1.165, 1.54) is 5.56 Å². The number of likely N-dealkylation sites (tertiary alicyclic amines) is 1. The lowest BCUT2D eigenvalue weighted by atomic mass is 10.0. The van der Waals surface area contributed by atoms with Crippen LogP contribution in [0.4, 0.5) is 14.4 Å². The minimum absolute atomic E-state index is 0.0808. The highest BCUT2D eigenvalue weighted by Gasteiger charge is 2.40. The molecule has 10 nitrogen and oxygen atoms in total. The van der Waals surface area contributed by atoms with Crippen LogP contribution in [0.25, 0.3) is 0 Å². The van der Waals surface area contributed by atoms with Crippen molar-refractivity contribution in [3.63, 3.8) is 0 Å². The third-order valence-corrected chi connectivity index (χ3v) is 7.76. The molecule has 2 fully saturated rings. The molecular weight excluding hydrogens is 608 g/mol. The summed E-state index contributed by atoms with van der Waals surface area (Å²) in [7, 11) is 0. The predicted octanol–water partition coefficient (Wildman–Crippen LogP) is 7.28. The molecule has 5 rings (SSSR count). The van der Waals surface area contributed by atoms with Crippen molar-refractivity contribution < 1.29 is 28.6 Å². The summed E-state index contributed by atoms with van der Waals surface area (Å²) in [5.74, 6) is 0. The summed E-state index contributed by atoms with van der Waals surface area (Å²) >= 11 is 0. The van der Waals surface area contributed by atoms with Crippen molar-refractivity contribution in [2.45, 2.75) is 96.4 Å². The highest BCUT2D eigenvalue weighted by molar-refractivity contribution is 5.71. The molecule has 0 spiro atoms. The number of nitrogens with zero attached hydrogens (tertiary/aromatic N) is 1. The van der Waals surface area contributed by atoms with Crippen molar-refractivity contribution in [1.29, 1.82) is 0 Å². The highest BCUT2D eigenvalue weighted by Crippen LogP contribution is 2.33. The maximum atomic E-state index is 12.8. The Hall–Kier alpha value is -4.57. The van der Waals surface area contributed by atoms with Crippen molar-refractivity contribution in [2.75, 3.05) is 13.1 Å². The summed E-state index contributed by atoms with van der Waals surface area (Å²) in [6.07, 6.45) is 0.319. The van der Waals surface area contributed by atoms with Gasteiger partial charge in [0.1, 0.15) is 17.8 Å². The number of amides is 3. The lowest BCUT2D eigenvalue weighted by molar-refractivity contribution is 0.0477. The second kappa shape index (κ2) is 16.5. The molecule has 0 aliphatic carbocycles. The van der Waals surface area contributed by atoms with E-state index < -0.39 is 23.4 Å². The van der Waals surface area contributed by atoms with Crippen LogP contribution in [0, 0.1) is 0 Å². The minimum atomic E-state index is -0.584. The first kappa shape index (κ1) is 36.3. The Morgan fingerprint density at radius 3 is 1.75 bits per heavy atom. The third kappa shape index (κ3) is 11.3. The number of hydrogen-bond acceptors (Lipinski definition) is 7. The second-order valence-electron chi connectivity index (χ2n) is 14.0. The van der Waals surface area contributed by atoms with E-state index in [-0.39, 0.29) is 36.9 Å². The van der Waals surface area contributed by atoms with Gasteiger partial charge in [0.2, 0.25) is 0 Å². The molecule has 4 atom stereocenters.